The Bertz CT molecular complexity index is 1150. The van der Waals surface area contributed by atoms with Crippen LogP contribution in [0.3, 0.4) is 0 Å². The van der Waals surface area contributed by atoms with Gasteiger partial charge in [0.1, 0.15) is 0 Å². The molecule has 1 amide bonds. The van der Waals surface area contributed by atoms with Gasteiger partial charge in [0.2, 0.25) is 5.91 Å². The van der Waals surface area contributed by atoms with Crippen molar-refractivity contribution in [3.05, 3.63) is 70.4 Å². The molecule has 0 radical (unpaired) electrons. The molecule has 5 rings (SSSR count). The number of rotatable bonds is 4. The fourth-order valence-corrected chi connectivity index (χ4v) is 5.15. The van der Waals surface area contributed by atoms with Gasteiger partial charge in [-0.25, -0.2) is 0 Å². The zero-order chi connectivity index (χ0) is 20.7. The minimum atomic E-state index is -0.0151. The number of nitrogens with zero attached hydrogens (tertiary/aromatic N) is 1. The van der Waals surface area contributed by atoms with Crippen LogP contribution in [0.2, 0.25) is 5.02 Å². The van der Waals surface area contributed by atoms with Crippen LogP contribution < -0.4 is 5.32 Å². The molecule has 2 N–H and O–H groups in total. The lowest BCUT2D eigenvalue weighted by Crippen LogP contribution is -2.32. The van der Waals surface area contributed by atoms with Crippen LogP contribution in [-0.2, 0) is 11.2 Å². The Morgan fingerprint density at radius 3 is 2.93 bits per heavy atom. The van der Waals surface area contributed by atoms with Gasteiger partial charge >= 0.3 is 0 Å². The summed E-state index contributed by atoms with van der Waals surface area (Å²) in [5.41, 5.74) is 7.57. The highest BCUT2D eigenvalue weighted by molar-refractivity contribution is 6.31. The van der Waals surface area contributed by atoms with E-state index in [1.807, 2.05) is 18.2 Å². The van der Waals surface area contributed by atoms with Gasteiger partial charge in [0.15, 0.2) is 0 Å². The number of anilines is 1. The van der Waals surface area contributed by atoms with Crippen LogP contribution in [0.5, 0.6) is 0 Å². The summed E-state index contributed by atoms with van der Waals surface area (Å²) in [6.07, 6.45) is 7.85. The molecular weight excluding hydrogens is 394 g/mol. The molecule has 1 atom stereocenters. The number of aromatic nitrogens is 1. The van der Waals surface area contributed by atoms with E-state index < -0.39 is 0 Å². The second kappa shape index (κ2) is 7.93. The number of hydrogen-bond donors (Lipinski definition) is 2. The van der Waals surface area contributed by atoms with Crippen LogP contribution in [-0.4, -0.2) is 35.4 Å². The summed E-state index contributed by atoms with van der Waals surface area (Å²) >= 11 is 6.12. The van der Waals surface area contributed by atoms with Gasteiger partial charge in [-0.2, -0.15) is 0 Å². The Labute approximate surface area is 181 Å². The number of amides is 1. The van der Waals surface area contributed by atoms with Gasteiger partial charge < -0.3 is 10.3 Å². The molecule has 5 heteroatoms. The van der Waals surface area contributed by atoms with Crippen LogP contribution in [0.15, 0.2) is 48.7 Å². The lowest BCUT2D eigenvalue weighted by atomic mass is 9.96. The van der Waals surface area contributed by atoms with Gasteiger partial charge in [-0.3, -0.25) is 9.69 Å². The van der Waals surface area contributed by atoms with E-state index in [0.717, 1.165) is 48.7 Å². The molecule has 4 nitrogen and oxygen atoms in total. The third-order valence-electron chi connectivity index (χ3n) is 6.43. The molecule has 0 fully saturated rings. The topological polar surface area (TPSA) is 48.1 Å². The molecule has 0 bridgehead atoms. The number of fused-ring (bicyclic) bond motifs is 2. The molecule has 154 valence electrons. The molecule has 30 heavy (non-hydrogen) atoms. The van der Waals surface area contributed by atoms with Gasteiger partial charge in [0.25, 0.3) is 0 Å². The summed E-state index contributed by atoms with van der Waals surface area (Å²) in [4.78, 5) is 17.2. The molecule has 0 saturated carbocycles. The van der Waals surface area contributed by atoms with Gasteiger partial charge in [-0.15, -0.1) is 0 Å². The minimum absolute atomic E-state index is 0.0151. The molecule has 1 aliphatic heterocycles. The SMILES string of the molecule is CC(=O)Nc1ccc2c(c1)CCC2CN1CC=C(c2c[nH]c3cc(Cl)ccc23)CC1. The standard InChI is InChI=1S/C25H26ClN3O/c1-16(30)28-21-5-7-22-18(12-21)2-3-19(22)15-29-10-8-17(9-11-29)24-14-27-25-13-20(26)4-6-23(24)25/h4-8,12-14,19,27H,2-3,9-11,15H2,1H3,(H,28,30). The number of hydrogen-bond acceptors (Lipinski definition) is 2. The van der Waals surface area contributed by atoms with E-state index in [1.54, 1.807) is 6.92 Å². The highest BCUT2D eigenvalue weighted by atomic mass is 35.5. The average molecular weight is 420 g/mol. The van der Waals surface area contributed by atoms with Gasteiger partial charge in [0, 0.05) is 59.9 Å². The monoisotopic (exact) mass is 419 g/mol. The second-order valence-corrected chi connectivity index (χ2v) is 8.90. The van der Waals surface area contributed by atoms with Crippen LogP contribution >= 0.6 is 11.6 Å². The highest BCUT2D eigenvalue weighted by Crippen LogP contribution is 2.36. The van der Waals surface area contributed by atoms with Gasteiger partial charge in [-0.1, -0.05) is 29.8 Å². The largest absolute Gasteiger partial charge is 0.361 e. The van der Waals surface area contributed by atoms with Gasteiger partial charge in [0.05, 0.1) is 0 Å². The maximum absolute atomic E-state index is 11.3. The Balaban J connectivity index is 1.27. The first kappa shape index (κ1) is 19.4. The normalized spacial score (nSPS) is 19.0. The number of aryl methyl sites for hydroxylation is 1. The number of carbonyl (C=O) groups excluding carboxylic acids is 1. The average Bonchev–Trinajstić information content (AvgIpc) is 3.32. The van der Waals surface area contributed by atoms with Crippen LogP contribution in [0.4, 0.5) is 5.69 Å². The first-order valence-corrected chi connectivity index (χ1v) is 11.0. The third kappa shape index (κ3) is 3.78. The van der Waals surface area contributed by atoms with E-state index in [0.29, 0.717) is 5.92 Å². The molecule has 1 aromatic heterocycles. The van der Waals surface area contributed by atoms with E-state index in [2.05, 4.69) is 45.7 Å². The van der Waals surface area contributed by atoms with Crippen molar-refractivity contribution in [2.45, 2.75) is 32.1 Å². The van der Waals surface area contributed by atoms with Crippen molar-refractivity contribution in [3.63, 3.8) is 0 Å². The number of nitrogens with one attached hydrogen (secondary N) is 2. The maximum Gasteiger partial charge on any atom is 0.221 e. The summed E-state index contributed by atoms with van der Waals surface area (Å²) in [5.74, 6) is 0.565. The maximum atomic E-state index is 11.3. The Hall–Kier alpha value is -2.56. The quantitative estimate of drug-likeness (QED) is 0.578. The molecule has 3 aromatic rings. The van der Waals surface area contributed by atoms with Crippen molar-refractivity contribution in [3.8, 4) is 0 Å². The zero-order valence-corrected chi connectivity index (χ0v) is 17.9. The number of benzene rings is 2. The molecule has 1 unspecified atom stereocenters. The molecule has 1 aliphatic carbocycles. The fraction of sp³-hybridized carbons (Fsp3) is 0.320. The van der Waals surface area contributed by atoms with E-state index in [-0.39, 0.29) is 5.91 Å². The van der Waals surface area contributed by atoms with E-state index in [4.69, 9.17) is 11.6 Å². The lowest BCUT2D eigenvalue weighted by molar-refractivity contribution is -0.114. The predicted molar refractivity (Wildman–Crippen MR) is 124 cm³/mol. The molecule has 0 saturated heterocycles. The Morgan fingerprint density at radius 1 is 1.23 bits per heavy atom. The van der Waals surface area contributed by atoms with E-state index in [1.165, 1.54) is 34.1 Å². The van der Waals surface area contributed by atoms with Crippen LogP contribution in [0.1, 0.15) is 42.4 Å². The summed E-state index contributed by atoms with van der Waals surface area (Å²) in [6.45, 7) is 4.73. The summed E-state index contributed by atoms with van der Waals surface area (Å²) < 4.78 is 0. The molecule has 0 spiro atoms. The number of aromatic amines is 1. The third-order valence-corrected chi connectivity index (χ3v) is 6.66. The van der Waals surface area contributed by atoms with Crippen LogP contribution in [0.25, 0.3) is 16.5 Å². The summed E-state index contributed by atoms with van der Waals surface area (Å²) in [5, 5.41) is 4.91. The molecular formula is C25H26ClN3O. The molecule has 2 aromatic carbocycles. The lowest BCUT2D eigenvalue weighted by Gasteiger charge is -2.29. The van der Waals surface area contributed by atoms with Crippen molar-refractivity contribution in [1.82, 2.24) is 9.88 Å². The summed E-state index contributed by atoms with van der Waals surface area (Å²) in [7, 11) is 0. The van der Waals surface area contributed by atoms with Gasteiger partial charge in [-0.05, 0) is 66.1 Å². The fourth-order valence-electron chi connectivity index (χ4n) is 4.97. The Kier molecular flexibility index (Phi) is 5.13. The van der Waals surface area contributed by atoms with Crippen molar-refractivity contribution in [1.29, 1.82) is 0 Å². The molecule has 2 heterocycles. The van der Waals surface area contributed by atoms with Crippen molar-refractivity contribution >= 4 is 39.7 Å². The van der Waals surface area contributed by atoms with E-state index in [9.17, 15) is 4.79 Å². The zero-order valence-electron chi connectivity index (χ0n) is 17.2. The number of H-pyrrole nitrogens is 1. The van der Waals surface area contributed by atoms with Crippen molar-refractivity contribution in [2.75, 3.05) is 25.0 Å². The van der Waals surface area contributed by atoms with E-state index >= 15 is 0 Å². The number of halogens is 1. The predicted octanol–water partition coefficient (Wildman–Crippen LogP) is 5.60. The van der Waals surface area contributed by atoms with Crippen molar-refractivity contribution in [2.24, 2.45) is 0 Å². The minimum Gasteiger partial charge on any atom is -0.361 e. The first-order chi connectivity index (χ1) is 14.6. The smallest absolute Gasteiger partial charge is 0.221 e. The van der Waals surface area contributed by atoms with Crippen LogP contribution in [0, 0.1) is 0 Å². The highest BCUT2D eigenvalue weighted by Gasteiger charge is 2.26. The number of carbonyl (C=O) groups is 1. The Morgan fingerprint density at radius 2 is 2.13 bits per heavy atom. The van der Waals surface area contributed by atoms with Crippen molar-refractivity contribution < 1.29 is 4.79 Å². The first-order valence-electron chi connectivity index (χ1n) is 10.7. The molecule has 2 aliphatic rings. The second-order valence-electron chi connectivity index (χ2n) is 8.46. The summed E-state index contributed by atoms with van der Waals surface area (Å²) in [6, 6.07) is 12.5.